The van der Waals surface area contributed by atoms with Crippen molar-refractivity contribution in [1.82, 2.24) is 10.2 Å². The summed E-state index contributed by atoms with van der Waals surface area (Å²) in [5, 5.41) is 2.93. The van der Waals surface area contributed by atoms with Crippen LogP contribution in [0.15, 0.2) is 24.3 Å². The highest BCUT2D eigenvalue weighted by molar-refractivity contribution is 5.86. The summed E-state index contributed by atoms with van der Waals surface area (Å²) in [7, 11) is 0. The molecule has 27 heavy (non-hydrogen) atoms. The number of carbonyl (C=O) groups excluding carboxylic acids is 1. The van der Waals surface area contributed by atoms with Crippen molar-refractivity contribution in [2.75, 3.05) is 39.5 Å². The number of halogens is 2. The van der Waals surface area contributed by atoms with Crippen LogP contribution in [0.4, 0.5) is 0 Å². The average molecular weight is 422 g/mol. The zero-order valence-electron chi connectivity index (χ0n) is 16.2. The molecular weight excluding hydrogens is 389 g/mol. The first kappa shape index (κ1) is 26.0. The Balaban J connectivity index is 0.00000338. The third kappa shape index (κ3) is 8.23. The van der Waals surface area contributed by atoms with Crippen LogP contribution in [0, 0.1) is 0 Å². The zero-order valence-corrected chi connectivity index (χ0v) is 17.9. The molecule has 1 amide bonds. The van der Waals surface area contributed by atoms with E-state index >= 15 is 0 Å². The number of nitrogens with zero attached hydrogens (tertiary/aromatic N) is 1. The molecular formula is C19H33Cl2N3O3. The van der Waals surface area contributed by atoms with E-state index in [0.29, 0.717) is 39.2 Å². The van der Waals surface area contributed by atoms with E-state index in [4.69, 9.17) is 15.2 Å². The number of ether oxygens (including phenoxy) is 2. The van der Waals surface area contributed by atoms with Crippen LogP contribution in [0.3, 0.4) is 0 Å². The van der Waals surface area contributed by atoms with E-state index in [0.717, 1.165) is 30.9 Å². The second-order valence-electron chi connectivity index (χ2n) is 6.47. The van der Waals surface area contributed by atoms with Gasteiger partial charge in [0.05, 0.1) is 5.54 Å². The minimum atomic E-state index is -0.800. The smallest absolute Gasteiger partial charge is 0.240 e. The largest absolute Gasteiger partial charge is 0.492 e. The lowest BCUT2D eigenvalue weighted by Gasteiger charge is -2.31. The quantitative estimate of drug-likeness (QED) is 0.639. The standard InChI is InChI=1S/C19H31N3O3.2ClH/c1-3-22(4-2)11-14-25-17-7-5-16(6-8-17)15-21-18(23)19(20)9-12-24-13-10-19;;/h5-8H,3-4,9-15,20H2,1-2H3,(H,21,23);2*1H. The molecule has 1 fully saturated rings. The number of likely N-dealkylation sites (N-methyl/N-ethyl adjacent to an activating group) is 1. The Morgan fingerprint density at radius 3 is 2.33 bits per heavy atom. The van der Waals surface area contributed by atoms with E-state index in [1.54, 1.807) is 0 Å². The molecule has 0 bridgehead atoms. The van der Waals surface area contributed by atoms with E-state index in [1.165, 1.54) is 0 Å². The van der Waals surface area contributed by atoms with Crippen molar-refractivity contribution >= 4 is 30.7 Å². The molecule has 0 atom stereocenters. The minimum absolute atomic E-state index is 0. The van der Waals surface area contributed by atoms with Crippen LogP contribution in [-0.2, 0) is 16.1 Å². The number of nitrogens with one attached hydrogen (secondary N) is 1. The van der Waals surface area contributed by atoms with Crippen molar-refractivity contribution in [3.8, 4) is 5.75 Å². The van der Waals surface area contributed by atoms with Crippen molar-refractivity contribution < 1.29 is 14.3 Å². The SMILES string of the molecule is CCN(CC)CCOc1ccc(CNC(=O)C2(N)CCOCC2)cc1.Cl.Cl. The van der Waals surface area contributed by atoms with Crippen molar-refractivity contribution in [3.63, 3.8) is 0 Å². The summed E-state index contributed by atoms with van der Waals surface area (Å²) in [4.78, 5) is 14.6. The Hall–Kier alpha value is -1.05. The highest BCUT2D eigenvalue weighted by Gasteiger charge is 2.35. The van der Waals surface area contributed by atoms with E-state index in [9.17, 15) is 4.79 Å². The monoisotopic (exact) mass is 421 g/mol. The molecule has 156 valence electrons. The first-order chi connectivity index (χ1) is 12.1. The van der Waals surface area contributed by atoms with Crippen LogP contribution in [0.1, 0.15) is 32.3 Å². The van der Waals surface area contributed by atoms with Gasteiger partial charge in [-0.2, -0.15) is 0 Å². The fraction of sp³-hybridized carbons (Fsp3) is 0.632. The Morgan fingerprint density at radius 2 is 1.78 bits per heavy atom. The van der Waals surface area contributed by atoms with E-state index in [1.807, 2.05) is 24.3 Å². The molecule has 1 aromatic carbocycles. The topological polar surface area (TPSA) is 76.8 Å². The third-order valence-corrected chi connectivity index (χ3v) is 4.78. The minimum Gasteiger partial charge on any atom is -0.492 e. The molecule has 0 radical (unpaired) electrons. The molecule has 0 saturated carbocycles. The Kier molecular flexibility index (Phi) is 12.7. The first-order valence-corrected chi connectivity index (χ1v) is 9.16. The number of carbonyl (C=O) groups is 1. The van der Waals surface area contributed by atoms with Gasteiger partial charge >= 0.3 is 0 Å². The lowest BCUT2D eigenvalue weighted by Crippen LogP contribution is -2.56. The van der Waals surface area contributed by atoms with Crippen molar-refractivity contribution in [3.05, 3.63) is 29.8 Å². The number of benzene rings is 1. The molecule has 8 heteroatoms. The molecule has 6 nitrogen and oxygen atoms in total. The van der Waals surface area contributed by atoms with Crippen LogP contribution in [0.5, 0.6) is 5.75 Å². The van der Waals surface area contributed by atoms with Gasteiger partial charge in [0.2, 0.25) is 5.91 Å². The number of hydrogen-bond acceptors (Lipinski definition) is 5. The maximum atomic E-state index is 12.3. The van der Waals surface area contributed by atoms with Gasteiger partial charge in [-0.1, -0.05) is 26.0 Å². The van der Waals surface area contributed by atoms with Gasteiger partial charge in [0, 0.05) is 26.3 Å². The van der Waals surface area contributed by atoms with Gasteiger partial charge in [0.25, 0.3) is 0 Å². The van der Waals surface area contributed by atoms with Crippen LogP contribution < -0.4 is 15.8 Å². The van der Waals surface area contributed by atoms with E-state index in [-0.39, 0.29) is 30.7 Å². The fourth-order valence-electron chi connectivity index (χ4n) is 2.86. The second-order valence-corrected chi connectivity index (χ2v) is 6.47. The molecule has 1 saturated heterocycles. The van der Waals surface area contributed by atoms with Crippen LogP contribution in [-0.4, -0.2) is 55.8 Å². The molecule has 1 aliphatic rings. The van der Waals surface area contributed by atoms with Crippen LogP contribution >= 0.6 is 24.8 Å². The summed E-state index contributed by atoms with van der Waals surface area (Å²) in [5.74, 6) is 0.748. The van der Waals surface area contributed by atoms with Gasteiger partial charge in [-0.3, -0.25) is 4.79 Å². The summed E-state index contributed by atoms with van der Waals surface area (Å²) in [6.07, 6.45) is 1.14. The lowest BCUT2D eigenvalue weighted by atomic mass is 9.90. The van der Waals surface area contributed by atoms with Gasteiger partial charge < -0.3 is 25.4 Å². The number of amides is 1. The maximum Gasteiger partial charge on any atom is 0.240 e. The summed E-state index contributed by atoms with van der Waals surface area (Å²) < 4.78 is 11.0. The zero-order chi connectivity index (χ0) is 18.1. The predicted molar refractivity (Wildman–Crippen MR) is 113 cm³/mol. The normalized spacial score (nSPS) is 15.4. The number of rotatable bonds is 9. The highest BCUT2D eigenvalue weighted by Crippen LogP contribution is 2.18. The molecule has 0 aromatic heterocycles. The molecule has 0 spiro atoms. The molecule has 3 N–H and O–H groups in total. The highest BCUT2D eigenvalue weighted by atomic mass is 35.5. The third-order valence-electron chi connectivity index (χ3n) is 4.78. The van der Waals surface area contributed by atoms with Crippen LogP contribution in [0.25, 0.3) is 0 Å². The van der Waals surface area contributed by atoms with E-state index in [2.05, 4.69) is 24.1 Å². The molecule has 1 aromatic rings. The second kappa shape index (κ2) is 13.2. The predicted octanol–water partition coefficient (Wildman–Crippen LogP) is 2.37. The lowest BCUT2D eigenvalue weighted by molar-refractivity contribution is -0.129. The van der Waals surface area contributed by atoms with E-state index < -0.39 is 5.54 Å². The van der Waals surface area contributed by atoms with Crippen molar-refractivity contribution in [2.24, 2.45) is 5.73 Å². The van der Waals surface area contributed by atoms with Gasteiger partial charge in [-0.25, -0.2) is 0 Å². The fourth-order valence-corrected chi connectivity index (χ4v) is 2.86. The summed E-state index contributed by atoms with van der Waals surface area (Å²) in [6.45, 7) is 9.53. The van der Waals surface area contributed by atoms with Crippen LogP contribution in [0.2, 0.25) is 0 Å². The molecule has 2 rings (SSSR count). The number of nitrogens with two attached hydrogens (primary N) is 1. The maximum absolute atomic E-state index is 12.3. The Labute approximate surface area is 175 Å². The van der Waals surface area contributed by atoms with Gasteiger partial charge in [-0.15, -0.1) is 24.8 Å². The summed E-state index contributed by atoms with van der Waals surface area (Å²) in [5.41, 5.74) is 6.40. The summed E-state index contributed by atoms with van der Waals surface area (Å²) >= 11 is 0. The van der Waals surface area contributed by atoms with Crippen molar-refractivity contribution in [2.45, 2.75) is 38.8 Å². The Morgan fingerprint density at radius 1 is 1.19 bits per heavy atom. The molecule has 1 aliphatic heterocycles. The van der Waals surface area contributed by atoms with Gasteiger partial charge in [-0.05, 0) is 43.6 Å². The number of hydrogen-bond donors (Lipinski definition) is 2. The van der Waals surface area contributed by atoms with Gasteiger partial charge in [0.15, 0.2) is 0 Å². The first-order valence-electron chi connectivity index (χ1n) is 9.16. The van der Waals surface area contributed by atoms with Gasteiger partial charge in [0.1, 0.15) is 12.4 Å². The molecule has 0 unspecified atom stereocenters. The van der Waals surface area contributed by atoms with Crippen molar-refractivity contribution in [1.29, 1.82) is 0 Å². The molecule has 1 heterocycles. The molecule has 0 aliphatic carbocycles. The summed E-state index contributed by atoms with van der Waals surface area (Å²) in [6, 6.07) is 7.83. The Bertz CT molecular complexity index is 534. The average Bonchev–Trinajstić information content (AvgIpc) is 2.65.